The van der Waals surface area contributed by atoms with Gasteiger partial charge in [0.1, 0.15) is 12.1 Å². The van der Waals surface area contributed by atoms with E-state index in [1.54, 1.807) is 23.5 Å². The van der Waals surface area contributed by atoms with Crippen molar-refractivity contribution in [2.24, 2.45) is 11.1 Å². The molecule has 2 fully saturated rings. The van der Waals surface area contributed by atoms with Crippen molar-refractivity contribution >= 4 is 34.7 Å². The molecule has 0 radical (unpaired) electrons. The molecule has 0 saturated carbocycles. The number of hydrogen-bond acceptors (Lipinski definition) is 9. The summed E-state index contributed by atoms with van der Waals surface area (Å²) in [5, 5.41) is 16.4. The Kier molecular flexibility index (Phi) is 11.0. The molecule has 1 unspecified atom stereocenters. The lowest BCUT2D eigenvalue weighted by Crippen LogP contribution is -2.57. The van der Waals surface area contributed by atoms with Crippen LogP contribution in [0.25, 0.3) is 10.4 Å². The Bertz CT molecular complexity index is 1530. The summed E-state index contributed by atoms with van der Waals surface area (Å²) in [5.74, 6) is -1.09. The molecule has 0 spiro atoms. The number of aromatic nitrogens is 1. The molecule has 1 aromatic heterocycles. The van der Waals surface area contributed by atoms with E-state index in [9.17, 15) is 19.5 Å². The quantitative estimate of drug-likeness (QED) is 0.260. The third-order valence-corrected chi connectivity index (χ3v) is 9.97. The molecule has 3 amide bonds. The molecule has 12 heteroatoms. The van der Waals surface area contributed by atoms with Crippen molar-refractivity contribution < 1.29 is 19.5 Å². The van der Waals surface area contributed by atoms with Crippen LogP contribution in [0.3, 0.4) is 0 Å². The van der Waals surface area contributed by atoms with Crippen LogP contribution < -0.4 is 21.3 Å². The van der Waals surface area contributed by atoms with Crippen LogP contribution in [-0.2, 0) is 16.1 Å². The van der Waals surface area contributed by atoms with Gasteiger partial charge in [-0.2, -0.15) is 0 Å². The summed E-state index contributed by atoms with van der Waals surface area (Å²) >= 11 is 1.59. The lowest BCUT2D eigenvalue weighted by molar-refractivity contribution is -0.142. The van der Waals surface area contributed by atoms with Gasteiger partial charge in [-0.3, -0.25) is 19.3 Å². The minimum Gasteiger partial charge on any atom is -0.391 e. The number of nitrogens with zero attached hydrogens (tertiary/aromatic N) is 4. The van der Waals surface area contributed by atoms with E-state index < -0.39 is 23.6 Å². The fourth-order valence-corrected chi connectivity index (χ4v) is 7.04. The standard InChI is InChI=1S/C35H47N7O4S/c1-23-30(47-22-38-23)25-7-5-24(6-8-25)20-37-33(45)29-19-28(43)21-42(29)34(46)31(35(2,3)4)39-32(44)26-9-11-27(12-10-26)41-17-15-40(14-13-36)16-18-41/h5-12,22,28-29,31,43H,13-21,36H2,1-4H3,(H,37,45)(H,39,44)/t28-,29+,31?/m1/s1. The number of β-amino-alcohol motifs (C(OH)–C–C–N with tert-alkyl or cyclic N) is 1. The van der Waals surface area contributed by atoms with Crippen LogP contribution in [0.5, 0.6) is 0 Å². The number of nitrogens with two attached hydrogens (primary N) is 1. The Morgan fingerprint density at radius 2 is 1.72 bits per heavy atom. The number of benzene rings is 2. The number of nitrogens with one attached hydrogen (secondary N) is 2. The highest BCUT2D eigenvalue weighted by Crippen LogP contribution is 2.29. The molecular weight excluding hydrogens is 614 g/mol. The first-order valence-electron chi connectivity index (χ1n) is 16.3. The average molecular weight is 662 g/mol. The van der Waals surface area contributed by atoms with E-state index in [2.05, 4.69) is 25.4 Å². The Balaban J connectivity index is 1.21. The highest BCUT2D eigenvalue weighted by atomic mass is 32.1. The van der Waals surface area contributed by atoms with E-state index in [-0.39, 0.29) is 37.2 Å². The molecular formula is C35H47N7O4S. The number of thiazole rings is 1. The summed E-state index contributed by atoms with van der Waals surface area (Å²) in [7, 11) is 0. The summed E-state index contributed by atoms with van der Waals surface area (Å²) in [6, 6.07) is 13.6. The van der Waals surface area contributed by atoms with Crippen molar-refractivity contribution in [1.82, 2.24) is 25.4 Å². The number of carbonyl (C=O) groups is 3. The van der Waals surface area contributed by atoms with Gasteiger partial charge >= 0.3 is 0 Å². The fraction of sp³-hybridized carbons (Fsp3) is 0.486. The molecule has 0 bridgehead atoms. The number of aliphatic hydroxyl groups is 1. The third kappa shape index (κ3) is 8.36. The van der Waals surface area contributed by atoms with Crippen LogP contribution >= 0.6 is 11.3 Å². The third-order valence-electron chi connectivity index (χ3n) is 8.99. The first-order chi connectivity index (χ1) is 22.4. The zero-order valence-corrected chi connectivity index (χ0v) is 28.6. The van der Waals surface area contributed by atoms with Crippen molar-refractivity contribution in [2.45, 2.75) is 58.8 Å². The van der Waals surface area contributed by atoms with Crippen LogP contribution in [0.4, 0.5) is 5.69 Å². The number of piperazine rings is 1. The molecule has 252 valence electrons. The fourth-order valence-electron chi connectivity index (χ4n) is 6.23. The first kappa shape index (κ1) is 34.5. The molecule has 47 heavy (non-hydrogen) atoms. The SMILES string of the molecule is Cc1ncsc1-c1ccc(CNC(=O)[C@@H]2C[C@@H](O)CN2C(=O)C(NC(=O)c2ccc(N3CCN(CCN)CC3)cc2)C(C)(C)C)cc1. The summed E-state index contributed by atoms with van der Waals surface area (Å²) in [4.78, 5) is 52.3. The molecule has 3 aromatic rings. The summed E-state index contributed by atoms with van der Waals surface area (Å²) < 4.78 is 0. The summed E-state index contributed by atoms with van der Waals surface area (Å²) in [6.07, 6.45) is -0.703. The van der Waals surface area contributed by atoms with Crippen LogP contribution in [-0.4, -0.2) is 102 Å². The monoisotopic (exact) mass is 661 g/mol. The lowest BCUT2D eigenvalue weighted by atomic mass is 9.85. The molecule has 2 aliphatic heterocycles. The number of carbonyl (C=O) groups excluding carboxylic acids is 3. The molecule has 3 heterocycles. The second kappa shape index (κ2) is 14.9. The second-order valence-electron chi connectivity index (χ2n) is 13.5. The van der Waals surface area contributed by atoms with Gasteiger partial charge in [-0.25, -0.2) is 4.98 Å². The van der Waals surface area contributed by atoms with E-state index in [1.807, 2.05) is 69.6 Å². The van der Waals surface area contributed by atoms with Gasteiger partial charge in [0, 0.05) is 70.0 Å². The van der Waals surface area contributed by atoms with Crippen molar-refractivity contribution in [3.63, 3.8) is 0 Å². The maximum absolute atomic E-state index is 14.0. The van der Waals surface area contributed by atoms with Crippen molar-refractivity contribution in [1.29, 1.82) is 0 Å². The zero-order valence-electron chi connectivity index (χ0n) is 27.7. The number of anilines is 1. The van der Waals surface area contributed by atoms with E-state index >= 15 is 0 Å². The van der Waals surface area contributed by atoms with Gasteiger partial charge in [0.2, 0.25) is 11.8 Å². The number of hydrogen-bond donors (Lipinski definition) is 4. The van der Waals surface area contributed by atoms with E-state index in [0.717, 1.165) is 60.1 Å². The van der Waals surface area contributed by atoms with Crippen LogP contribution in [0.15, 0.2) is 54.0 Å². The van der Waals surface area contributed by atoms with Crippen molar-refractivity contribution in [2.75, 3.05) is 50.7 Å². The molecule has 2 aliphatic rings. The Hall–Kier alpha value is -3.84. The second-order valence-corrected chi connectivity index (χ2v) is 14.4. The highest BCUT2D eigenvalue weighted by molar-refractivity contribution is 7.13. The van der Waals surface area contributed by atoms with Gasteiger partial charge in [0.25, 0.3) is 5.91 Å². The van der Waals surface area contributed by atoms with Gasteiger partial charge in [0.05, 0.1) is 22.2 Å². The molecule has 0 aliphatic carbocycles. The average Bonchev–Trinajstić information content (AvgIpc) is 3.67. The summed E-state index contributed by atoms with van der Waals surface area (Å²) in [5.41, 5.74) is 11.3. The van der Waals surface area contributed by atoms with Crippen LogP contribution in [0.1, 0.15) is 48.8 Å². The minimum atomic E-state index is -0.909. The zero-order chi connectivity index (χ0) is 33.7. The van der Waals surface area contributed by atoms with Gasteiger partial charge in [-0.1, -0.05) is 45.0 Å². The largest absolute Gasteiger partial charge is 0.391 e. The minimum absolute atomic E-state index is 0.0233. The molecule has 2 aromatic carbocycles. The predicted molar refractivity (Wildman–Crippen MR) is 185 cm³/mol. The van der Waals surface area contributed by atoms with E-state index in [1.165, 1.54) is 4.90 Å². The number of aliphatic hydroxyl groups excluding tert-OH is 1. The summed E-state index contributed by atoms with van der Waals surface area (Å²) in [6.45, 7) is 13.1. The number of amides is 3. The van der Waals surface area contributed by atoms with Crippen LogP contribution in [0, 0.1) is 12.3 Å². The Morgan fingerprint density at radius 1 is 1.04 bits per heavy atom. The van der Waals surface area contributed by atoms with Crippen LogP contribution in [0.2, 0.25) is 0 Å². The smallest absolute Gasteiger partial charge is 0.251 e. The van der Waals surface area contributed by atoms with Crippen molar-refractivity contribution in [3.8, 4) is 10.4 Å². The molecule has 5 rings (SSSR count). The Morgan fingerprint density at radius 3 is 2.32 bits per heavy atom. The maximum Gasteiger partial charge on any atom is 0.251 e. The molecule has 11 nitrogen and oxygen atoms in total. The van der Waals surface area contributed by atoms with Gasteiger partial charge in [-0.05, 0) is 47.7 Å². The van der Waals surface area contributed by atoms with E-state index in [4.69, 9.17) is 5.73 Å². The molecule has 5 N–H and O–H groups in total. The van der Waals surface area contributed by atoms with Crippen molar-refractivity contribution in [3.05, 3.63) is 70.9 Å². The predicted octanol–water partition coefficient (Wildman–Crippen LogP) is 2.62. The maximum atomic E-state index is 14.0. The van der Waals surface area contributed by atoms with Gasteiger partial charge in [0.15, 0.2) is 0 Å². The lowest BCUT2D eigenvalue weighted by Gasteiger charge is -2.36. The molecule has 3 atom stereocenters. The van der Waals surface area contributed by atoms with Gasteiger partial charge in [-0.15, -0.1) is 11.3 Å². The normalized spacial score (nSPS) is 19.4. The van der Waals surface area contributed by atoms with E-state index in [0.29, 0.717) is 12.1 Å². The topological polar surface area (TPSA) is 144 Å². The Labute approximate surface area is 281 Å². The van der Waals surface area contributed by atoms with Gasteiger partial charge < -0.3 is 31.3 Å². The first-order valence-corrected chi connectivity index (χ1v) is 17.2. The highest BCUT2D eigenvalue weighted by Gasteiger charge is 2.44. The number of aryl methyl sites for hydroxylation is 1. The molecule has 2 saturated heterocycles. The number of rotatable bonds is 10. The number of likely N-dealkylation sites (tertiary alicyclic amines) is 1.